The number of methoxy groups -OCH3 is 1. The summed E-state index contributed by atoms with van der Waals surface area (Å²) >= 11 is 0. The van der Waals surface area contributed by atoms with Crippen LogP contribution in [0.15, 0.2) is 0 Å². The Morgan fingerprint density at radius 1 is 1.12 bits per heavy atom. The summed E-state index contributed by atoms with van der Waals surface area (Å²) in [4.78, 5) is 12.6. The van der Waals surface area contributed by atoms with Crippen LogP contribution in [-0.2, 0) is 9.47 Å². The van der Waals surface area contributed by atoms with Crippen molar-refractivity contribution in [2.45, 2.75) is 6.42 Å². The molecule has 0 saturated heterocycles. The van der Waals surface area contributed by atoms with Crippen molar-refractivity contribution >= 4 is 6.03 Å². The Balaban J connectivity index is 3.06. The first-order valence-corrected chi connectivity index (χ1v) is 5.91. The zero-order valence-electron chi connectivity index (χ0n) is 11.1. The molecule has 6 heteroatoms. The quantitative estimate of drug-likeness (QED) is 0.529. The second kappa shape index (κ2) is 11.6. The number of amides is 2. The van der Waals surface area contributed by atoms with Crippen molar-refractivity contribution in [3.8, 4) is 0 Å². The summed E-state index contributed by atoms with van der Waals surface area (Å²) in [5, 5.41) is 5.95. The van der Waals surface area contributed by atoms with Crippen LogP contribution in [0.5, 0.6) is 0 Å². The van der Waals surface area contributed by atoms with Crippen LogP contribution >= 0.6 is 0 Å². The largest absolute Gasteiger partial charge is 0.385 e. The molecule has 17 heavy (non-hydrogen) atoms. The highest BCUT2D eigenvalue weighted by atomic mass is 16.5. The van der Waals surface area contributed by atoms with E-state index >= 15 is 0 Å². The molecule has 0 rings (SSSR count). The minimum atomic E-state index is -0.0670. The normalized spacial score (nSPS) is 10.3. The average molecular weight is 247 g/mol. The van der Waals surface area contributed by atoms with Gasteiger partial charge in [0.05, 0.1) is 6.61 Å². The van der Waals surface area contributed by atoms with Gasteiger partial charge < -0.3 is 25.0 Å². The average Bonchev–Trinajstić information content (AvgIpc) is 2.31. The van der Waals surface area contributed by atoms with E-state index in [0.29, 0.717) is 13.2 Å². The Morgan fingerprint density at radius 2 is 1.88 bits per heavy atom. The molecule has 0 aromatic heterocycles. The topological polar surface area (TPSA) is 62.8 Å². The number of hydrogen-bond acceptors (Lipinski definition) is 4. The highest BCUT2D eigenvalue weighted by molar-refractivity contribution is 5.73. The number of ether oxygens (including phenoxy) is 2. The molecule has 102 valence electrons. The molecule has 0 fully saturated rings. The number of carbonyl (C=O) groups is 1. The Hall–Kier alpha value is -0.850. The van der Waals surface area contributed by atoms with Gasteiger partial charge in [0.15, 0.2) is 0 Å². The Bertz CT molecular complexity index is 189. The fourth-order valence-electron chi connectivity index (χ4n) is 1.09. The molecule has 0 heterocycles. The first-order chi connectivity index (χ1) is 8.18. The maximum Gasteiger partial charge on any atom is 0.316 e. The Kier molecular flexibility index (Phi) is 11.0. The van der Waals surface area contributed by atoms with Gasteiger partial charge in [-0.15, -0.1) is 0 Å². The van der Waals surface area contributed by atoms with Crippen LogP contribution in [0.1, 0.15) is 6.42 Å². The second-order valence-electron chi connectivity index (χ2n) is 3.84. The lowest BCUT2D eigenvalue weighted by Crippen LogP contribution is -2.38. The summed E-state index contributed by atoms with van der Waals surface area (Å²) in [5.41, 5.74) is 0. The summed E-state index contributed by atoms with van der Waals surface area (Å²) in [6.45, 7) is 4.33. The molecule has 2 N–H and O–H groups in total. The molecule has 0 aliphatic carbocycles. The van der Waals surface area contributed by atoms with Gasteiger partial charge in [-0.2, -0.15) is 0 Å². The summed E-state index contributed by atoms with van der Waals surface area (Å²) in [6, 6.07) is -0.0670. The molecule has 0 saturated carbocycles. The molecular weight excluding hydrogens is 222 g/mol. The van der Waals surface area contributed by atoms with E-state index in [1.54, 1.807) is 21.2 Å². The Labute approximate surface area is 104 Å². The minimum Gasteiger partial charge on any atom is -0.385 e. The molecule has 0 bridgehead atoms. The maximum absolute atomic E-state index is 11.1. The summed E-state index contributed by atoms with van der Waals surface area (Å²) in [7, 11) is 5.12. The zero-order chi connectivity index (χ0) is 12.9. The predicted octanol–water partition coefficient (Wildman–Crippen LogP) is -0.0997. The van der Waals surface area contributed by atoms with Gasteiger partial charge in [0.25, 0.3) is 0 Å². The van der Waals surface area contributed by atoms with Crippen LogP contribution < -0.4 is 10.6 Å². The molecule has 0 aliphatic rings. The first-order valence-electron chi connectivity index (χ1n) is 5.91. The third-order valence-electron chi connectivity index (χ3n) is 2.04. The highest BCUT2D eigenvalue weighted by Gasteiger charge is 1.99. The zero-order valence-corrected chi connectivity index (χ0v) is 11.1. The van der Waals surface area contributed by atoms with Gasteiger partial charge in [0.2, 0.25) is 0 Å². The minimum absolute atomic E-state index is 0.0670. The van der Waals surface area contributed by atoms with Crippen molar-refractivity contribution in [2.75, 3.05) is 60.7 Å². The molecule has 0 aromatic carbocycles. The van der Waals surface area contributed by atoms with Crippen LogP contribution in [0.4, 0.5) is 4.79 Å². The molecule has 0 aromatic rings. The van der Waals surface area contributed by atoms with E-state index < -0.39 is 0 Å². The van der Waals surface area contributed by atoms with E-state index in [1.807, 2.05) is 0 Å². The number of rotatable bonds is 10. The summed E-state index contributed by atoms with van der Waals surface area (Å²) < 4.78 is 10.3. The molecular formula is C11H25N3O3. The lowest BCUT2D eigenvalue weighted by atomic mass is 10.5. The van der Waals surface area contributed by atoms with Crippen molar-refractivity contribution in [1.29, 1.82) is 0 Å². The van der Waals surface area contributed by atoms with Gasteiger partial charge in [-0.1, -0.05) is 0 Å². The van der Waals surface area contributed by atoms with Gasteiger partial charge in [0, 0.05) is 54.1 Å². The van der Waals surface area contributed by atoms with Crippen LogP contribution in [-0.4, -0.2) is 71.6 Å². The van der Waals surface area contributed by atoms with E-state index in [0.717, 1.165) is 32.7 Å². The van der Waals surface area contributed by atoms with E-state index in [-0.39, 0.29) is 6.03 Å². The molecule has 0 spiro atoms. The lowest BCUT2D eigenvalue weighted by molar-refractivity contribution is 0.104. The van der Waals surface area contributed by atoms with Gasteiger partial charge in [-0.05, 0) is 6.42 Å². The van der Waals surface area contributed by atoms with Gasteiger partial charge in [-0.25, -0.2) is 4.79 Å². The van der Waals surface area contributed by atoms with Crippen molar-refractivity contribution < 1.29 is 14.3 Å². The van der Waals surface area contributed by atoms with Crippen LogP contribution in [0, 0.1) is 0 Å². The fourth-order valence-corrected chi connectivity index (χ4v) is 1.09. The van der Waals surface area contributed by atoms with E-state index in [2.05, 4.69) is 10.6 Å². The fraction of sp³-hybridized carbons (Fsp3) is 0.909. The molecule has 0 atom stereocenters. The number of nitrogens with one attached hydrogen (secondary N) is 2. The Morgan fingerprint density at radius 3 is 2.53 bits per heavy atom. The number of carbonyl (C=O) groups excluding carboxylic acids is 1. The number of nitrogens with zero attached hydrogens (tertiary/aromatic N) is 1. The SMILES string of the molecule is COCCCOCCNCCNC(=O)N(C)C. The monoisotopic (exact) mass is 247 g/mol. The molecule has 2 amide bonds. The first kappa shape index (κ1) is 16.1. The van der Waals surface area contributed by atoms with Gasteiger partial charge in [-0.3, -0.25) is 0 Å². The van der Waals surface area contributed by atoms with Crippen molar-refractivity contribution in [3.05, 3.63) is 0 Å². The van der Waals surface area contributed by atoms with Crippen molar-refractivity contribution in [2.24, 2.45) is 0 Å². The van der Waals surface area contributed by atoms with E-state index in [4.69, 9.17) is 9.47 Å². The molecule has 6 nitrogen and oxygen atoms in total. The lowest BCUT2D eigenvalue weighted by Gasteiger charge is -2.12. The third-order valence-corrected chi connectivity index (χ3v) is 2.04. The summed E-state index contributed by atoms with van der Waals surface area (Å²) in [6.07, 6.45) is 0.926. The molecule has 0 unspecified atom stereocenters. The molecule has 0 aliphatic heterocycles. The summed E-state index contributed by atoms with van der Waals surface area (Å²) in [5.74, 6) is 0. The number of urea groups is 1. The van der Waals surface area contributed by atoms with Crippen molar-refractivity contribution in [1.82, 2.24) is 15.5 Å². The van der Waals surface area contributed by atoms with Crippen molar-refractivity contribution in [3.63, 3.8) is 0 Å². The van der Waals surface area contributed by atoms with Gasteiger partial charge in [0.1, 0.15) is 0 Å². The van der Waals surface area contributed by atoms with Crippen LogP contribution in [0.3, 0.4) is 0 Å². The number of hydrogen-bond donors (Lipinski definition) is 2. The third kappa shape index (κ3) is 11.4. The predicted molar refractivity (Wildman–Crippen MR) is 67.3 cm³/mol. The standard InChI is InChI=1S/C11H25N3O3/c1-14(2)11(15)13-6-5-12-7-10-17-9-4-8-16-3/h12H,4-10H2,1-3H3,(H,13,15). The maximum atomic E-state index is 11.1. The van der Waals surface area contributed by atoms with E-state index in [1.165, 1.54) is 4.90 Å². The highest BCUT2D eigenvalue weighted by Crippen LogP contribution is 1.82. The molecule has 0 radical (unpaired) electrons. The van der Waals surface area contributed by atoms with E-state index in [9.17, 15) is 4.79 Å². The van der Waals surface area contributed by atoms with Gasteiger partial charge >= 0.3 is 6.03 Å². The smallest absolute Gasteiger partial charge is 0.316 e. The van der Waals surface area contributed by atoms with Crippen LogP contribution in [0.25, 0.3) is 0 Å². The van der Waals surface area contributed by atoms with Crippen LogP contribution in [0.2, 0.25) is 0 Å². The second-order valence-corrected chi connectivity index (χ2v) is 3.84.